The number of likely N-dealkylation sites (tertiary alicyclic amines) is 1. The molecule has 0 bridgehead atoms. The first kappa shape index (κ1) is 16.1. The van der Waals surface area contributed by atoms with Crippen molar-refractivity contribution in [3.05, 3.63) is 42.4 Å². The summed E-state index contributed by atoms with van der Waals surface area (Å²) in [7, 11) is 0. The van der Waals surface area contributed by atoms with Crippen molar-refractivity contribution in [3.8, 4) is 11.3 Å². The molecular weight excluding hydrogens is 318 g/mol. The molecule has 1 N–H and O–H groups in total. The molecule has 3 atom stereocenters. The summed E-state index contributed by atoms with van der Waals surface area (Å²) in [4.78, 5) is 18.3. The Bertz CT molecular complexity index is 808. The number of benzene rings is 1. The van der Waals surface area contributed by atoms with E-state index in [9.17, 15) is 9.90 Å². The van der Waals surface area contributed by atoms with Gasteiger partial charge in [-0.05, 0) is 26.3 Å². The van der Waals surface area contributed by atoms with Crippen LogP contribution in [0.25, 0.3) is 11.3 Å². The first-order valence-corrected chi connectivity index (χ1v) is 8.62. The molecule has 0 saturated carbocycles. The number of aliphatic hydroxyl groups is 1. The van der Waals surface area contributed by atoms with Crippen LogP contribution in [0.5, 0.6) is 0 Å². The largest absolute Gasteiger partial charge is 0.444 e. The number of carbonyl (C=O) groups is 1. The quantitative estimate of drug-likeness (QED) is 0.866. The molecule has 4 rings (SSSR count). The van der Waals surface area contributed by atoms with Gasteiger partial charge in [-0.2, -0.15) is 0 Å². The van der Waals surface area contributed by atoms with Crippen LogP contribution in [0, 0.1) is 5.92 Å². The van der Waals surface area contributed by atoms with Crippen molar-refractivity contribution < 1.29 is 14.6 Å². The molecule has 2 aromatic rings. The van der Waals surface area contributed by atoms with Crippen molar-refractivity contribution in [3.63, 3.8) is 0 Å². The van der Waals surface area contributed by atoms with E-state index in [4.69, 9.17) is 4.74 Å². The van der Waals surface area contributed by atoms with Crippen LogP contribution in [0.3, 0.4) is 0 Å². The van der Waals surface area contributed by atoms with E-state index in [1.54, 1.807) is 4.90 Å². The van der Waals surface area contributed by atoms with Gasteiger partial charge in [0, 0.05) is 18.0 Å². The average molecular weight is 341 g/mol. The number of amides is 1. The predicted molar refractivity (Wildman–Crippen MR) is 93.1 cm³/mol. The third kappa shape index (κ3) is 2.70. The molecule has 1 aromatic heterocycles. The highest BCUT2D eigenvalue weighted by Gasteiger charge is 2.44. The number of β-amino-alcohol motifs (C(OH)–C–C–N with tert-alkyl or cyclic N) is 1. The molecule has 132 valence electrons. The number of rotatable bonds is 1. The Morgan fingerprint density at radius 1 is 1.28 bits per heavy atom. The molecule has 0 aliphatic carbocycles. The van der Waals surface area contributed by atoms with Crippen LogP contribution in [0.4, 0.5) is 4.79 Å². The van der Waals surface area contributed by atoms with E-state index in [2.05, 4.69) is 21.7 Å². The van der Waals surface area contributed by atoms with Crippen LogP contribution in [0.15, 0.2) is 36.8 Å². The molecular formula is C19H23N3O3. The van der Waals surface area contributed by atoms with E-state index in [-0.39, 0.29) is 18.1 Å². The molecule has 0 spiro atoms. The van der Waals surface area contributed by atoms with Gasteiger partial charge >= 0.3 is 6.09 Å². The Hall–Kier alpha value is -2.34. The highest BCUT2D eigenvalue weighted by molar-refractivity contribution is 5.70. The van der Waals surface area contributed by atoms with Gasteiger partial charge in [-0.25, -0.2) is 9.78 Å². The predicted octanol–water partition coefficient (Wildman–Crippen LogP) is 2.68. The van der Waals surface area contributed by atoms with Gasteiger partial charge in [0.2, 0.25) is 0 Å². The average Bonchev–Trinajstić information content (AvgIpc) is 3.20. The Labute approximate surface area is 147 Å². The van der Waals surface area contributed by atoms with E-state index in [0.717, 1.165) is 11.3 Å². The molecule has 6 nitrogen and oxygen atoms in total. The monoisotopic (exact) mass is 341 g/mol. The van der Waals surface area contributed by atoms with Crippen LogP contribution < -0.4 is 0 Å². The van der Waals surface area contributed by atoms with Gasteiger partial charge < -0.3 is 19.3 Å². The fourth-order valence-corrected chi connectivity index (χ4v) is 3.91. The van der Waals surface area contributed by atoms with Crippen molar-refractivity contribution in [2.24, 2.45) is 5.92 Å². The third-order valence-corrected chi connectivity index (χ3v) is 4.91. The van der Waals surface area contributed by atoms with Crippen molar-refractivity contribution in [1.82, 2.24) is 14.5 Å². The maximum Gasteiger partial charge on any atom is 0.410 e. The van der Waals surface area contributed by atoms with Gasteiger partial charge in [0.15, 0.2) is 0 Å². The van der Waals surface area contributed by atoms with Crippen LogP contribution in [0.1, 0.15) is 32.4 Å². The van der Waals surface area contributed by atoms with Crippen molar-refractivity contribution in [1.29, 1.82) is 0 Å². The zero-order chi connectivity index (χ0) is 17.8. The number of nitrogens with zero attached hydrogens (tertiary/aromatic N) is 3. The smallest absolute Gasteiger partial charge is 0.410 e. The van der Waals surface area contributed by atoms with Gasteiger partial charge in [-0.15, -0.1) is 0 Å². The normalized spacial score (nSPS) is 25.0. The van der Waals surface area contributed by atoms with Gasteiger partial charge in [0.25, 0.3) is 0 Å². The SMILES string of the molecule is CC(C)(C)OC(=O)N1CC(O)C(C2c3ccccc3-c3cncn32)C1. The van der Waals surface area contributed by atoms with Crippen molar-refractivity contribution in [2.45, 2.75) is 38.5 Å². The summed E-state index contributed by atoms with van der Waals surface area (Å²) in [5.41, 5.74) is 2.84. The highest BCUT2D eigenvalue weighted by Crippen LogP contribution is 2.45. The minimum absolute atomic E-state index is 0.0175. The number of imidazole rings is 1. The van der Waals surface area contributed by atoms with Gasteiger partial charge in [0.1, 0.15) is 5.60 Å². The summed E-state index contributed by atoms with van der Waals surface area (Å²) >= 11 is 0. The summed E-state index contributed by atoms with van der Waals surface area (Å²) < 4.78 is 7.57. The van der Waals surface area contributed by atoms with Gasteiger partial charge in [-0.1, -0.05) is 24.3 Å². The molecule has 3 unspecified atom stereocenters. The summed E-state index contributed by atoms with van der Waals surface area (Å²) in [6.07, 6.45) is 2.69. The molecule has 0 radical (unpaired) electrons. The van der Waals surface area contributed by atoms with Gasteiger partial charge in [-0.3, -0.25) is 0 Å². The van der Waals surface area contributed by atoms with Crippen LogP contribution in [-0.4, -0.2) is 50.4 Å². The van der Waals surface area contributed by atoms with E-state index < -0.39 is 11.7 Å². The van der Waals surface area contributed by atoms with Crippen LogP contribution in [0.2, 0.25) is 0 Å². The Morgan fingerprint density at radius 2 is 2.04 bits per heavy atom. The fourth-order valence-electron chi connectivity index (χ4n) is 3.91. The summed E-state index contributed by atoms with van der Waals surface area (Å²) in [6.45, 7) is 6.30. The fraction of sp³-hybridized carbons (Fsp3) is 0.474. The van der Waals surface area contributed by atoms with Crippen LogP contribution in [-0.2, 0) is 4.74 Å². The summed E-state index contributed by atoms with van der Waals surface area (Å²) in [6, 6.07) is 8.18. The Balaban J connectivity index is 1.62. The molecule has 1 fully saturated rings. The topological polar surface area (TPSA) is 67.6 Å². The molecule has 25 heavy (non-hydrogen) atoms. The molecule has 1 saturated heterocycles. The summed E-state index contributed by atoms with van der Waals surface area (Å²) in [5, 5.41) is 10.7. The minimum Gasteiger partial charge on any atom is -0.444 e. The van der Waals surface area contributed by atoms with Gasteiger partial charge in [0.05, 0.1) is 36.9 Å². The third-order valence-electron chi connectivity index (χ3n) is 4.91. The van der Waals surface area contributed by atoms with Crippen molar-refractivity contribution in [2.75, 3.05) is 13.1 Å². The molecule has 2 aliphatic rings. The molecule has 6 heteroatoms. The van der Waals surface area contributed by atoms with Crippen molar-refractivity contribution >= 4 is 6.09 Å². The zero-order valence-electron chi connectivity index (χ0n) is 14.7. The number of aliphatic hydroxyl groups excluding tert-OH is 1. The lowest BCUT2D eigenvalue weighted by Gasteiger charge is -2.26. The second-order valence-corrected chi connectivity index (χ2v) is 7.83. The molecule has 2 aliphatic heterocycles. The number of hydrogen-bond acceptors (Lipinski definition) is 4. The summed E-state index contributed by atoms with van der Waals surface area (Å²) in [5.74, 6) is -0.0934. The van der Waals surface area contributed by atoms with E-state index in [1.807, 2.05) is 45.4 Å². The number of ether oxygens (including phenoxy) is 1. The first-order valence-electron chi connectivity index (χ1n) is 8.62. The Morgan fingerprint density at radius 3 is 2.80 bits per heavy atom. The van der Waals surface area contributed by atoms with Crippen LogP contribution >= 0.6 is 0 Å². The standard InChI is InChI=1S/C19H23N3O3/c1-19(2,3)25-18(24)21-9-14(16(23)10-21)17-13-7-5-4-6-12(13)15-8-20-11-22(15)17/h4-8,11,14,16-17,23H,9-10H2,1-3H3. The highest BCUT2D eigenvalue weighted by atomic mass is 16.6. The minimum atomic E-state index is -0.598. The molecule has 3 heterocycles. The zero-order valence-corrected chi connectivity index (χ0v) is 14.7. The van der Waals surface area contributed by atoms with E-state index in [0.29, 0.717) is 13.1 Å². The number of hydrogen-bond donors (Lipinski definition) is 1. The molecule has 1 amide bonds. The Kier molecular flexibility index (Phi) is 3.61. The van der Waals surface area contributed by atoms with E-state index >= 15 is 0 Å². The lowest BCUT2D eigenvalue weighted by Crippen LogP contribution is -2.36. The van der Waals surface area contributed by atoms with E-state index in [1.165, 1.54) is 5.56 Å². The number of fused-ring (bicyclic) bond motifs is 3. The maximum absolute atomic E-state index is 12.4. The maximum atomic E-state index is 12.4. The first-order chi connectivity index (χ1) is 11.8. The second kappa shape index (κ2) is 5.59. The number of aromatic nitrogens is 2. The lowest BCUT2D eigenvalue weighted by atomic mass is 9.90. The number of carbonyl (C=O) groups excluding carboxylic acids is 1. The molecule has 1 aromatic carbocycles. The second-order valence-electron chi connectivity index (χ2n) is 7.83. The lowest BCUT2D eigenvalue weighted by molar-refractivity contribution is 0.0269.